The van der Waals surface area contributed by atoms with Crippen LogP contribution in [0.5, 0.6) is 0 Å². The van der Waals surface area contributed by atoms with Crippen LogP contribution in [0.25, 0.3) is 0 Å². The maximum Gasteiger partial charge on any atom is 0.319 e. The van der Waals surface area contributed by atoms with Gasteiger partial charge in [-0.2, -0.15) is 0 Å². The van der Waals surface area contributed by atoms with Crippen molar-refractivity contribution in [2.45, 2.75) is 77.0 Å². The Bertz CT molecular complexity index is 859. The second-order valence-electron chi connectivity index (χ2n) is 9.09. The van der Waals surface area contributed by atoms with E-state index in [1.165, 1.54) is 6.42 Å². The number of esters is 1. The second kappa shape index (κ2) is 13.1. The summed E-state index contributed by atoms with van der Waals surface area (Å²) in [4.78, 5) is 40.4. The van der Waals surface area contributed by atoms with Gasteiger partial charge >= 0.3 is 5.97 Å². The van der Waals surface area contributed by atoms with Crippen molar-refractivity contribution in [3.63, 3.8) is 0 Å². The first-order valence-corrected chi connectivity index (χ1v) is 12.8. The highest BCUT2D eigenvalue weighted by molar-refractivity contribution is 6.30. The van der Waals surface area contributed by atoms with Gasteiger partial charge in [0, 0.05) is 24.7 Å². The molecule has 2 aliphatic rings. The lowest BCUT2D eigenvalue weighted by Gasteiger charge is -2.34. The Morgan fingerprint density at radius 3 is 2.62 bits per heavy atom. The third kappa shape index (κ3) is 6.93. The fourth-order valence-electron chi connectivity index (χ4n) is 5.07. The van der Waals surface area contributed by atoms with Crippen molar-refractivity contribution >= 4 is 29.4 Å². The summed E-state index contributed by atoms with van der Waals surface area (Å²) in [5.41, 5.74) is 7.61. The van der Waals surface area contributed by atoms with E-state index in [0.717, 1.165) is 43.2 Å². The molecule has 3 rings (SSSR count). The maximum atomic E-state index is 13.6. The van der Waals surface area contributed by atoms with Crippen molar-refractivity contribution in [1.29, 1.82) is 0 Å². The van der Waals surface area contributed by atoms with Crippen molar-refractivity contribution in [2.24, 2.45) is 11.7 Å². The lowest BCUT2D eigenvalue weighted by Crippen LogP contribution is -2.55. The molecule has 0 radical (unpaired) electrons. The molecule has 34 heavy (non-hydrogen) atoms. The van der Waals surface area contributed by atoms with Crippen LogP contribution >= 0.6 is 11.6 Å². The highest BCUT2D eigenvalue weighted by Gasteiger charge is 2.40. The number of nitrogens with zero attached hydrogens (tertiary/aromatic N) is 1. The lowest BCUT2D eigenvalue weighted by molar-refractivity contribution is -0.144. The molecule has 0 aromatic heterocycles. The molecule has 1 heterocycles. The fourth-order valence-corrected chi connectivity index (χ4v) is 5.26. The third-order valence-electron chi connectivity index (χ3n) is 6.84. The van der Waals surface area contributed by atoms with Crippen molar-refractivity contribution in [3.05, 3.63) is 34.3 Å². The number of hydrogen-bond donors (Lipinski definition) is 3. The summed E-state index contributed by atoms with van der Waals surface area (Å²) in [5, 5.41) is 6.72. The second-order valence-corrected chi connectivity index (χ2v) is 9.52. The van der Waals surface area contributed by atoms with E-state index >= 15 is 0 Å². The third-order valence-corrected chi connectivity index (χ3v) is 7.07. The molecule has 0 unspecified atom stereocenters. The summed E-state index contributed by atoms with van der Waals surface area (Å²) >= 11 is 6.11. The topological polar surface area (TPSA) is 114 Å². The molecule has 2 fully saturated rings. The van der Waals surface area contributed by atoms with Crippen molar-refractivity contribution < 1.29 is 19.1 Å². The molecule has 0 bridgehead atoms. The van der Waals surface area contributed by atoms with Crippen LogP contribution in [-0.2, 0) is 32.2 Å². The van der Waals surface area contributed by atoms with Gasteiger partial charge in [-0.1, -0.05) is 36.9 Å². The number of benzene rings is 1. The van der Waals surface area contributed by atoms with Crippen LogP contribution in [-0.4, -0.2) is 54.5 Å². The Morgan fingerprint density at radius 1 is 1.15 bits per heavy atom. The number of amides is 2. The van der Waals surface area contributed by atoms with Gasteiger partial charge in [0.25, 0.3) is 0 Å². The summed E-state index contributed by atoms with van der Waals surface area (Å²) < 4.78 is 5.04. The number of ether oxygens (including phenoxy) is 1. The average molecular weight is 493 g/mol. The molecule has 2 atom stereocenters. The highest BCUT2D eigenvalue weighted by Crippen LogP contribution is 2.29. The molecule has 1 aromatic carbocycles. The van der Waals surface area contributed by atoms with E-state index in [9.17, 15) is 14.4 Å². The van der Waals surface area contributed by atoms with Crippen LogP contribution in [0, 0.1) is 5.92 Å². The summed E-state index contributed by atoms with van der Waals surface area (Å²) in [6.45, 7) is 3.24. The number of hydrogen-bond acceptors (Lipinski definition) is 6. The molecule has 8 nitrogen and oxygen atoms in total. The predicted molar refractivity (Wildman–Crippen MR) is 131 cm³/mol. The van der Waals surface area contributed by atoms with E-state index in [1.807, 2.05) is 6.07 Å². The Hall–Kier alpha value is -2.16. The largest absolute Gasteiger partial charge is 0.465 e. The van der Waals surface area contributed by atoms with Crippen LogP contribution in [0.1, 0.15) is 63.0 Å². The monoisotopic (exact) mass is 492 g/mol. The van der Waals surface area contributed by atoms with Crippen LogP contribution in [0.3, 0.4) is 0 Å². The molecule has 9 heteroatoms. The number of nitrogens with two attached hydrogens (primary N) is 1. The summed E-state index contributed by atoms with van der Waals surface area (Å²) in [5.74, 6) is -0.497. The van der Waals surface area contributed by atoms with Crippen LogP contribution in [0.4, 0.5) is 0 Å². The molecule has 1 saturated heterocycles. The number of nitrogens with one attached hydrogen (secondary N) is 2. The lowest BCUT2D eigenvalue weighted by atomic mass is 9.83. The number of carbonyl (C=O) groups is 3. The van der Waals surface area contributed by atoms with Gasteiger partial charge in [0.1, 0.15) is 6.04 Å². The molecule has 1 aromatic rings. The number of rotatable bonds is 10. The van der Waals surface area contributed by atoms with Crippen LogP contribution in [0.2, 0.25) is 5.02 Å². The minimum absolute atomic E-state index is 0.0118. The summed E-state index contributed by atoms with van der Waals surface area (Å²) in [6, 6.07) is 4.43. The first-order valence-electron chi connectivity index (χ1n) is 12.4. The molecule has 0 spiro atoms. The Balaban J connectivity index is 1.67. The van der Waals surface area contributed by atoms with Gasteiger partial charge in [0.05, 0.1) is 19.2 Å². The molecular formula is C25H37ClN4O4. The van der Waals surface area contributed by atoms with Gasteiger partial charge < -0.3 is 20.7 Å². The molecular weight excluding hydrogens is 456 g/mol. The van der Waals surface area contributed by atoms with E-state index in [2.05, 4.69) is 10.6 Å². The summed E-state index contributed by atoms with van der Waals surface area (Å²) in [7, 11) is 0. The summed E-state index contributed by atoms with van der Waals surface area (Å²) in [6.07, 6.45) is 6.57. The van der Waals surface area contributed by atoms with E-state index in [0.29, 0.717) is 37.7 Å². The standard InChI is InChI=1S/C25H37ClN4O4/c1-2-34-22(31)16-28-23(17-7-4-3-5-8-17)25(33)30-12-6-9-21(30)24(32)29-15-19-13-20(26)11-10-18(19)14-27/h10-11,13,17,21,23,28H,2-9,12,14-16,27H2,1H3,(H,29,32)/t21-,23+/m0/s1. The van der Waals surface area contributed by atoms with E-state index in [4.69, 9.17) is 22.1 Å². The van der Waals surface area contributed by atoms with Gasteiger partial charge in [0.2, 0.25) is 11.8 Å². The molecule has 1 aliphatic carbocycles. The SMILES string of the molecule is CCOC(=O)CN[C@@H](C(=O)N1CCC[C@H]1C(=O)NCc1cc(Cl)ccc1CN)C1CCCCC1. The fraction of sp³-hybridized carbons (Fsp3) is 0.640. The Morgan fingerprint density at radius 2 is 1.91 bits per heavy atom. The molecule has 1 aliphatic heterocycles. The normalized spacial score (nSPS) is 19.6. The van der Waals surface area contributed by atoms with Crippen molar-refractivity contribution in [3.8, 4) is 0 Å². The van der Waals surface area contributed by atoms with E-state index in [-0.39, 0.29) is 30.2 Å². The van der Waals surface area contributed by atoms with Gasteiger partial charge in [-0.15, -0.1) is 0 Å². The predicted octanol–water partition coefficient (Wildman–Crippen LogP) is 2.51. The van der Waals surface area contributed by atoms with Crippen molar-refractivity contribution in [1.82, 2.24) is 15.5 Å². The smallest absolute Gasteiger partial charge is 0.319 e. The number of likely N-dealkylation sites (tertiary alicyclic amines) is 1. The van der Waals surface area contributed by atoms with Crippen LogP contribution < -0.4 is 16.4 Å². The van der Waals surface area contributed by atoms with Gasteiger partial charge in [0.15, 0.2) is 0 Å². The Labute approximate surface area is 206 Å². The van der Waals surface area contributed by atoms with E-state index < -0.39 is 12.1 Å². The molecule has 4 N–H and O–H groups in total. The zero-order chi connectivity index (χ0) is 24.5. The van der Waals surface area contributed by atoms with Crippen LogP contribution in [0.15, 0.2) is 18.2 Å². The zero-order valence-electron chi connectivity index (χ0n) is 20.0. The number of halogens is 1. The zero-order valence-corrected chi connectivity index (χ0v) is 20.7. The minimum atomic E-state index is -0.525. The molecule has 2 amide bonds. The van der Waals surface area contributed by atoms with Gasteiger partial charge in [-0.3, -0.25) is 19.7 Å². The maximum absolute atomic E-state index is 13.6. The number of carbonyl (C=O) groups excluding carboxylic acids is 3. The van der Waals surface area contributed by atoms with Gasteiger partial charge in [-0.05, 0) is 61.8 Å². The van der Waals surface area contributed by atoms with E-state index in [1.54, 1.807) is 24.0 Å². The Kier molecular flexibility index (Phi) is 10.2. The quantitative estimate of drug-likeness (QED) is 0.432. The first kappa shape index (κ1) is 26.4. The molecule has 188 valence electrons. The highest BCUT2D eigenvalue weighted by atomic mass is 35.5. The van der Waals surface area contributed by atoms with Gasteiger partial charge in [-0.25, -0.2) is 0 Å². The molecule has 1 saturated carbocycles. The van der Waals surface area contributed by atoms with Crippen molar-refractivity contribution in [2.75, 3.05) is 19.7 Å². The average Bonchev–Trinajstić information content (AvgIpc) is 3.34. The minimum Gasteiger partial charge on any atom is -0.465 e. The first-order chi connectivity index (χ1) is 16.4.